The molecule has 2 heteroatoms. The molecule has 30 heavy (non-hydrogen) atoms. The van der Waals surface area contributed by atoms with Crippen molar-refractivity contribution >= 4 is 5.97 Å². The fourth-order valence-electron chi connectivity index (χ4n) is 9.35. The minimum atomic E-state index is -0.477. The zero-order valence-corrected chi connectivity index (χ0v) is 20.9. The smallest absolute Gasteiger partial charge is 0.309 e. The van der Waals surface area contributed by atoms with Crippen LogP contribution < -0.4 is 0 Å². The molecule has 0 aromatic carbocycles. The largest absolute Gasteiger partial charge is 0.481 e. The van der Waals surface area contributed by atoms with E-state index in [4.69, 9.17) is 0 Å². The average molecular weight is 417 g/mol. The lowest BCUT2D eigenvalue weighted by Crippen LogP contribution is -2.59. The van der Waals surface area contributed by atoms with Crippen LogP contribution in [0.15, 0.2) is 12.2 Å². The van der Waals surface area contributed by atoms with E-state index in [0.29, 0.717) is 22.7 Å². The predicted molar refractivity (Wildman–Crippen MR) is 126 cm³/mol. The Morgan fingerprint density at radius 1 is 0.933 bits per heavy atom. The molecule has 4 saturated carbocycles. The zero-order chi connectivity index (χ0) is 22.5. The van der Waals surface area contributed by atoms with Crippen molar-refractivity contribution in [2.45, 2.75) is 106 Å². The van der Waals surface area contributed by atoms with Gasteiger partial charge in [0.1, 0.15) is 0 Å². The first-order valence-corrected chi connectivity index (χ1v) is 12.7. The average Bonchev–Trinajstić information content (AvgIpc) is 3.06. The van der Waals surface area contributed by atoms with Crippen molar-refractivity contribution in [2.75, 3.05) is 0 Å². The molecule has 0 amide bonds. The highest BCUT2D eigenvalue weighted by Crippen LogP contribution is 2.70. The maximum absolute atomic E-state index is 12.2. The molecule has 4 fully saturated rings. The normalized spacial score (nSPS) is 44.2. The van der Waals surface area contributed by atoms with Gasteiger partial charge in [-0.2, -0.15) is 0 Å². The number of carbonyl (C=O) groups is 1. The fourth-order valence-corrected chi connectivity index (χ4v) is 9.35. The molecule has 0 aromatic rings. The molecule has 0 saturated heterocycles. The van der Waals surface area contributed by atoms with Crippen LogP contribution in [0, 0.1) is 51.8 Å². The Balaban J connectivity index is 0.000000589. The third-order valence-electron chi connectivity index (χ3n) is 10.3. The Morgan fingerprint density at radius 3 is 2.13 bits per heavy atom. The summed E-state index contributed by atoms with van der Waals surface area (Å²) in [7, 11) is 0. The molecule has 7 atom stereocenters. The van der Waals surface area contributed by atoms with E-state index in [1.165, 1.54) is 44.1 Å². The maximum atomic E-state index is 12.2. The summed E-state index contributed by atoms with van der Waals surface area (Å²) >= 11 is 0. The molecule has 4 aliphatic rings. The summed E-state index contributed by atoms with van der Waals surface area (Å²) in [6.07, 6.45) is 10.7. The number of rotatable bonds is 2. The molecule has 4 rings (SSSR count). The van der Waals surface area contributed by atoms with Crippen molar-refractivity contribution in [3.63, 3.8) is 0 Å². The van der Waals surface area contributed by atoms with Gasteiger partial charge in [-0.15, -0.1) is 6.58 Å². The molecule has 0 radical (unpaired) electrons. The van der Waals surface area contributed by atoms with Crippen molar-refractivity contribution in [3.8, 4) is 0 Å². The quantitative estimate of drug-likeness (QED) is 0.463. The summed E-state index contributed by atoms with van der Waals surface area (Å²) in [5.41, 5.74) is 1.66. The van der Waals surface area contributed by atoms with Gasteiger partial charge in [0.15, 0.2) is 0 Å². The van der Waals surface area contributed by atoms with E-state index in [0.717, 1.165) is 42.9 Å². The van der Waals surface area contributed by atoms with Crippen molar-refractivity contribution in [2.24, 2.45) is 51.8 Å². The monoisotopic (exact) mass is 416 g/mol. The van der Waals surface area contributed by atoms with Crippen molar-refractivity contribution in [1.29, 1.82) is 0 Å². The van der Waals surface area contributed by atoms with E-state index >= 15 is 0 Å². The van der Waals surface area contributed by atoms with Crippen molar-refractivity contribution < 1.29 is 9.90 Å². The summed E-state index contributed by atoms with van der Waals surface area (Å²) in [6, 6.07) is 0. The van der Waals surface area contributed by atoms with Gasteiger partial charge in [-0.3, -0.25) is 4.79 Å². The zero-order valence-electron chi connectivity index (χ0n) is 20.9. The van der Waals surface area contributed by atoms with E-state index in [1.54, 1.807) is 0 Å². The Labute approximate surface area is 186 Å². The lowest BCUT2D eigenvalue weighted by molar-refractivity contribution is -0.181. The van der Waals surface area contributed by atoms with Gasteiger partial charge in [-0.1, -0.05) is 46.6 Å². The minimum absolute atomic E-state index is 0.366. The number of aliphatic carboxylic acids is 1. The highest BCUT2D eigenvalue weighted by Gasteiger charge is 2.64. The van der Waals surface area contributed by atoms with Crippen LogP contribution in [-0.2, 0) is 4.79 Å². The Bertz CT molecular complexity index is 658. The molecule has 0 spiro atoms. The van der Waals surface area contributed by atoms with E-state index in [9.17, 15) is 9.90 Å². The van der Waals surface area contributed by atoms with Gasteiger partial charge < -0.3 is 5.11 Å². The molecular formula is C28H48O2. The minimum Gasteiger partial charge on any atom is -0.481 e. The summed E-state index contributed by atoms with van der Waals surface area (Å²) < 4.78 is 0. The van der Waals surface area contributed by atoms with Gasteiger partial charge in [0.2, 0.25) is 0 Å². The predicted octanol–water partition coefficient (Wildman–Crippen LogP) is 7.97. The number of fused-ring (bicyclic) bond motifs is 5. The van der Waals surface area contributed by atoms with E-state index in [-0.39, 0.29) is 5.41 Å². The van der Waals surface area contributed by atoms with Gasteiger partial charge >= 0.3 is 5.97 Å². The number of hydrogen-bond acceptors (Lipinski definition) is 1. The molecule has 172 valence electrons. The summed E-state index contributed by atoms with van der Waals surface area (Å²) in [5.74, 6) is 3.85. The van der Waals surface area contributed by atoms with Crippen LogP contribution in [0.3, 0.4) is 0 Å². The third kappa shape index (κ3) is 3.69. The van der Waals surface area contributed by atoms with Crippen LogP contribution in [0.2, 0.25) is 0 Å². The number of hydrogen-bond donors (Lipinski definition) is 1. The Hall–Kier alpha value is -0.790. The summed E-state index contributed by atoms with van der Waals surface area (Å²) in [4.78, 5) is 12.2. The van der Waals surface area contributed by atoms with Crippen LogP contribution >= 0.6 is 0 Å². The molecule has 0 aromatic heterocycles. The van der Waals surface area contributed by atoms with E-state index in [2.05, 4.69) is 41.2 Å². The van der Waals surface area contributed by atoms with Gasteiger partial charge in [-0.25, -0.2) is 0 Å². The third-order valence-corrected chi connectivity index (χ3v) is 10.3. The van der Waals surface area contributed by atoms with Gasteiger partial charge in [-0.05, 0) is 112 Å². The lowest BCUT2D eigenvalue weighted by atomic mass is 9.39. The van der Waals surface area contributed by atoms with Gasteiger partial charge in [0.25, 0.3) is 0 Å². The van der Waals surface area contributed by atoms with Crippen LogP contribution in [0.5, 0.6) is 0 Å². The van der Waals surface area contributed by atoms with Crippen LogP contribution in [0.1, 0.15) is 106 Å². The summed E-state index contributed by atoms with van der Waals surface area (Å²) in [5, 5.41) is 10.1. The fraction of sp³-hybridized carbons (Fsp3) is 0.893. The highest BCUT2D eigenvalue weighted by molar-refractivity contribution is 5.75. The van der Waals surface area contributed by atoms with E-state index < -0.39 is 5.97 Å². The second kappa shape index (κ2) is 8.28. The van der Waals surface area contributed by atoms with Crippen LogP contribution in [0.4, 0.5) is 0 Å². The Kier molecular flexibility index (Phi) is 6.59. The molecule has 0 bridgehead atoms. The Morgan fingerprint density at radius 2 is 1.57 bits per heavy atom. The standard InChI is InChI=1S/C24H40O2.C4H8/c1-15(2)17-10-13-23(5)18-11-14-24(21(25)26)12-6-7-19(24)16(18)8-9-20(23)22(17,3)4;1-4(2)3/h15-20H,6-14H2,1-5H3,(H,25,26);1H2,2-3H3/t16?,17?,18?,19-,20?,23?,24?;/m1./s1. The van der Waals surface area contributed by atoms with Gasteiger partial charge in [0.05, 0.1) is 5.41 Å². The summed E-state index contributed by atoms with van der Waals surface area (Å²) in [6.45, 7) is 20.1. The second-order valence-electron chi connectivity index (χ2n) is 12.8. The van der Waals surface area contributed by atoms with Crippen LogP contribution in [-0.4, -0.2) is 11.1 Å². The number of carboxylic acids is 1. The van der Waals surface area contributed by atoms with Crippen molar-refractivity contribution in [1.82, 2.24) is 0 Å². The number of carboxylic acid groups (broad SMARTS) is 1. The van der Waals surface area contributed by atoms with Crippen LogP contribution in [0.25, 0.3) is 0 Å². The van der Waals surface area contributed by atoms with E-state index in [1.807, 2.05) is 13.8 Å². The first-order valence-electron chi connectivity index (χ1n) is 12.7. The first-order chi connectivity index (χ1) is 13.9. The molecule has 0 aliphatic heterocycles. The molecule has 6 unspecified atom stereocenters. The molecule has 2 nitrogen and oxygen atoms in total. The second-order valence-corrected chi connectivity index (χ2v) is 12.8. The topological polar surface area (TPSA) is 37.3 Å². The molecule has 0 heterocycles. The maximum Gasteiger partial charge on any atom is 0.309 e. The lowest BCUT2D eigenvalue weighted by Gasteiger charge is -2.65. The number of allylic oxidation sites excluding steroid dienone is 1. The molecular weight excluding hydrogens is 368 g/mol. The molecule has 4 aliphatic carbocycles. The first kappa shape index (κ1) is 23.9. The molecule has 1 N–H and O–H groups in total. The van der Waals surface area contributed by atoms with Crippen molar-refractivity contribution in [3.05, 3.63) is 12.2 Å². The SMILES string of the molecule is C=C(C)C.CC(C)C1CCC2(C)C3CCC4(C(=O)O)CCC[C@@H]4C3CCC2C1(C)C. The highest BCUT2D eigenvalue weighted by atomic mass is 16.4. The van der Waals surface area contributed by atoms with Gasteiger partial charge in [0, 0.05) is 0 Å².